The molecule has 1 N–H and O–H groups in total. The molecule has 6 heteroatoms. The summed E-state index contributed by atoms with van der Waals surface area (Å²) in [6.45, 7) is 2.51. The molecule has 1 atom stereocenters. The van der Waals surface area contributed by atoms with Gasteiger partial charge < -0.3 is 14.6 Å². The smallest absolute Gasteiger partial charge is 0.338 e. The minimum absolute atomic E-state index is 0.202. The van der Waals surface area contributed by atoms with Gasteiger partial charge in [0, 0.05) is 28.4 Å². The minimum atomic E-state index is -0.495. The first kappa shape index (κ1) is 17.7. The number of hydrogen-bond donors (Lipinski definition) is 1. The summed E-state index contributed by atoms with van der Waals surface area (Å²) in [5.41, 5.74) is 2.18. The largest absolute Gasteiger partial charge is 0.452 e. The molecule has 0 radical (unpaired) electrons. The second-order valence-corrected chi connectivity index (χ2v) is 8.07. The van der Waals surface area contributed by atoms with Gasteiger partial charge in [0.1, 0.15) is 0 Å². The lowest BCUT2D eigenvalue weighted by Gasteiger charge is -2.22. The van der Waals surface area contributed by atoms with E-state index in [1.54, 1.807) is 28.8 Å². The molecule has 0 aliphatic carbocycles. The second-order valence-electron chi connectivity index (χ2n) is 6.59. The van der Waals surface area contributed by atoms with Gasteiger partial charge >= 0.3 is 5.97 Å². The van der Waals surface area contributed by atoms with Crippen molar-refractivity contribution in [2.45, 2.75) is 23.5 Å². The van der Waals surface area contributed by atoms with Crippen LogP contribution in [-0.4, -0.2) is 35.3 Å². The number of aromatic nitrogens is 1. The highest BCUT2D eigenvalue weighted by molar-refractivity contribution is 8.00. The number of aromatic amines is 1. The number of carbonyl (C=O) groups is 2. The van der Waals surface area contributed by atoms with E-state index in [4.69, 9.17) is 4.74 Å². The van der Waals surface area contributed by atoms with Crippen LogP contribution in [0.3, 0.4) is 0 Å². The van der Waals surface area contributed by atoms with Crippen molar-refractivity contribution in [3.63, 3.8) is 0 Å². The van der Waals surface area contributed by atoms with E-state index >= 15 is 0 Å². The Morgan fingerprint density at radius 1 is 1.22 bits per heavy atom. The summed E-state index contributed by atoms with van der Waals surface area (Å²) in [6.07, 6.45) is 2.71. The third kappa shape index (κ3) is 3.71. The van der Waals surface area contributed by atoms with Gasteiger partial charge in [-0.05, 0) is 42.1 Å². The predicted octanol–water partition coefficient (Wildman–Crippen LogP) is 4.24. The second kappa shape index (κ2) is 7.48. The van der Waals surface area contributed by atoms with Gasteiger partial charge in [-0.25, -0.2) is 4.79 Å². The number of hydrogen-bond acceptors (Lipinski definition) is 4. The van der Waals surface area contributed by atoms with Gasteiger partial charge in [0.05, 0.1) is 11.3 Å². The molecule has 0 unspecified atom stereocenters. The molecule has 1 aliphatic heterocycles. The zero-order chi connectivity index (χ0) is 18.8. The third-order valence-electron chi connectivity index (χ3n) is 4.66. The summed E-state index contributed by atoms with van der Waals surface area (Å²) < 4.78 is 5.30. The summed E-state index contributed by atoms with van der Waals surface area (Å²) in [5.74, 6) is -0.697. The van der Waals surface area contributed by atoms with Crippen molar-refractivity contribution in [2.75, 3.05) is 18.1 Å². The third-order valence-corrected chi connectivity index (χ3v) is 5.90. The molecule has 1 aliphatic rings. The maximum Gasteiger partial charge on any atom is 0.338 e. The molecular formula is C21H20N2O3S. The van der Waals surface area contributed by atoms with Crippen LogP contribution in [0.5, 0.6) is 0 Å². The van der Waals surface area contributed by atoms with Crippen molar-refractivity contribution in [3.05, 3.63) is 60.3 Å². The number of benzene rings is 2. The predicted molar refractivity (Wildman–Crippen MR) is 107 cm³/mol. The summed E-state index contributed by atoms with van der Waals surface area (Å²) in [6, 6.07) is 15.1. The number of nitrogens with zero attached hydrogens (tertiary/aromatic N) is 1. The van der Waals surface area contributed by atoms with E-state index in [1.165, 1.54) is 0 Å². The minimum Gasteiger partial charge on any atom is -0.452 e. The molecule has 2 aromatic carbocycles. The van der Waals surface area contributed by atoms with Crippen LogP contribution in [0.4, 0.5) is 5.69 Å². The quantitative estimate of drug-likeness (QED) is 0.690. The number of para-hydroxylation sites is 1. The lowest BCUT2D eigenvalue weighted by Crippen LogP contribution is -2.35. The molecule has 2 heterocycles. The van der Waals surface area contributed by atoms with E-state index in [1.807, 2.05) is 42.6 Å². The number of nitrogens with one attached hydrogen (secondary N) is 1. The lowest BCUT2D eigenvalue weighted by molar-refractivity contribution is -0.121. The van der Waals surface area contributed by atoms with Crippen LogP contribution in [0, 0.1) is 0 Å². The number of amides is 1. The van der Waals surface area contributed by atoms with E-state index in [0.29, 0.717) is 17.4 Å². The molecule has 0 fully saturated rings. The highest BCUT2D eigenvalue weighted by Gasteiger charge is 2.25. The van der Waals surface area contributed by atoms with Crippen molar-refractivity contribution in [1.82, 2.24) is 4.98 Å². The first-order chi connectivity index (χ1) is 13.1. The number of H-pyrrole nitrogens is 1. The van der Waals surface area contributed by atoms with Crippen molar-refractivity contribution in [2.24, 2.45) is 0 Å². The Morgan fingerprint density at radius 3 is 2.96 bits per heavy atom. The Balaban J connectivity index is 1.46. The molecule has 0 spiro atoms. The number of anilines is 1. The zero-order valence-electron chi connectivity index (χ0n) is 15.0. The normalized spacial score (nSPS) is 16.6. The summed E-state index contributed by atoms with van der Waals surface area (Å²) in [4.78, 5) is 31.0. The van der Waals surface area contributed by atoms with E-state index in [9.17, 15) is 9.59 Å². The molecule has 1 amide bonds. The Morgan fingerprint density at radius 2 is 2.07 bits per heavy atom. The number of thioether (sulfide) groups is 1. The number of carbonyl (C=O) groups excluding carboxylic acids is 2. The van der Waals surface area contributed by atoms with Gasteiger partial charge in [-0.15, -0.1) is 11.8 Å². The summed E-state index contributed by atoms with van der Waals surface area (Å²) in [7, 11) is 0. The highest BCUT2D eigenvalue weighted by Crippen LogP contribution is 2.37. The molecular weight excluding hydrogens is 360 g/mol. The molecule has 1 aromatic heterocycles. The summed E-state index contributed by atoms with van der Waals surface area (Å²) >= 11 is 1.77. The molecule has 5 nitrogen and oxygen atoms in total. The molecule has 4 rings (SSSR count). The molecule has 0 saturated carbocycles. The standard InChI is InChI=1S/C21H20N2O3S/c1-14-9-11-23(18-4-2-3-5-19(18)27-14)20(24)13-26-21(25)16-7-6-15-8-10-22-17(15)12-16/h2-8,10,12,14,22H,9,11,13H2,1H3/t14-/m0/s1. The van der Waals surface area contributed by atoms with Gasteiger partial charge in [0.15, 0.2) is 6.61 Å². The fraction of sp³-hybridized carbons (Fsp3) is 0.238. The Kier molecular flexibility index (Phi) is 4.90. The number of rotatable bonds is 3. The van der Waals surface area contributed by atoms with E-state index in [0.717, 1.165) is 27.9 Å². The first-order valence-corrected chi connectivity index (χ1v) is 9.80. The van der Waals surface area contributed by atoms with E-state index in [-0.39, 0.29) is 12.5 Å². The van der Waals surface area contributed by atoms with Crippen LogP contribution >= 0.6 is 11.8 Å². The molecule has 0 saturated heterocycles. The van der Waals surface area contributed by atoms with E-state index < -0.39 is 5.97 Å². The van der Waals surface area contributed by atoms with Gasteiger partial charge in [0.2, 0.25) is 0 Å². The fourth-order valence-corrected chi connectivity index (χ4v) is 4.32. The SMILES string of the molecule is C[C@H]1CCN(C(=O)COC(=O)c2ccc3cc[nH]c3c2)c2ccccc2S1. The van der Waals surface area contributed by atoms with Crippen LogP contribution < -0.4 is 4.90 Å². The van der Waals surface area contributed by atoms with Gasteiger partial charge in [-0.3, -0.25) is 4.79 Å². The fourth-order valence-electron chi connectivity index (χ4n) is 3.21. The Hall–Kier alpha value is -2.73. The Bertz CT molecular complexity index is 998. The van der Waals surface area contributed by atoms with Crippen LogP contribution in [0.2, 0.25) is 0 Å². The molecule has 3 aromatic rings. The average Bonchev–Trinajstić information content (AvgIpc) is 3.08. The molecule has 0 bridgehead atoms. The maximum atomic E-state index is 12.8. The van der Waals surface area contributed by atoms with Crippen molar-refractivity contribution in [1.29, 1.82) is 0 Å². The van der Waals surface area contributed by atoms with Gasteiger partial charge in [0.25, 0.3) is 5.91 Å². The molecule has 138 valence electrons. The Labute approximate surface area is 161 Å². The zero-order valence-corrected chi connectivity index (χ0v) is 15.8. The average molecular weight is 380 g/mol. The van der Waals surface area contributed by atoms with Crippen molar-refractivity contribution >= 4 is 40.2 Å². The van der Waals surface area contributed by atoms with E-state index in [2.05, 4.69) is 11.9 Å². The van der Waals surface area contributed by atoms with Crippen molar-refractivity contribution < 1.29 is 14.3 Å². The first-order valence-electron chi connectivity index (χ1n) is 8.92. The van der Waals surface area contributed by atoms with Crippen LogP contribution in [0.25, 0.3) is 10.9 Å². The lowest BCUT2D eigenvalue weighted by atomic mass is 10.2. The van der Waals surface area contributed by atoms with Gasteiger partial charge in [-0.2, -0.15) is 0 Å². The van der Waals surface area contributed by atoms with Crippen molar-refractivity contribution in [3.8, 4) is 0 Å². The van der Waals surface area contributed by atoms with Crippen LogP contribution in [0.15, 0.2) is 59.6 Å². The van der Waals surface area contributed by atoms with Gasteiger partial charge in [-0.1, -0.05) is 25.1 Å². The number of ether oxygens (including phenoxy) is 1. The van der Waals surface area contributed by atoms with Crippen LogP contribution in [-0.2, 0) is 9.53 Å². The van der Waals surface area contributed by atoms with Crippen LogP contribution in [0.1, 0.15) is 23.7 Å². The number of fused-ring (bicyclic) bond motifs is 2. The highest BCUT2D eigenvalue weighted by atomic mass is 32.2. The maximum absolute atomic E-state index is 12.8. The summed E-state index contributed by atoms with van der Waals surface area (Å²) in [5, 5.41) is 1.45. The monoisotopic (exact) mass is 380 g/mol. The number of esters is 1. The topological polar surface area (TPSA) is 62.4 Å². The molecule has 27 heavy (non-hydrogen) atoms.